The minimum absolute atomic E-state index is 0.133. The number of fused-ring (bicyclic) bond motifs is 1. The number of hydrogen-bond donors (Lipinski definition) is 1. The summed E-state index contributed by atoms with van der Waals surface area (Å²) < 4.78 is 40.9. The molecule has 4 nitrogen and oxygen atoms in total. The molecule has 1 N–H and O–H groups in total. The number of nitrogens with one attached hydrogen (secondary N) is 1. The third-order valence-corrected chi connectivity index (χ3v) is 4.91. The van der Waals surface area contributed by atoms with Gasteiger partial charge in [-0.3, -0.25) is 9.59 Å². The van der Waals surface area contributed by atoms with E-state index in [1.807, 2.05) is 32.9 Å². The van der Waals surface area contributed by atoms with Crippen LogP contribution in [0.3, 0.4) is 0 Å². The Kier molecular flexibility index (Phi) is 5.26. The number of carbonyl (C=O) groups excluding carboxylic acids is 1. The number of anilines is 1. The van der Waals surface area contributed by atoms with Crippen molar-refractivity contribution in [2.24, 2.45) is 0 Å². The van der Waals surface area contributed by atoms with Gasteiger partial charge in [0.1, 0.15) is 5.56 Å². The largest absolute Gasteiger partial charge is 0.416 e. The lowest BCUT2D eigenvalue weighted by atomic mass is 10.0. The van der Waals surface area contributed by atoms with Crippen molar-refractivity contribution in [1.82, 2.24) is 4.57 Å². The fourth-order valence-electron chi connectivity index (χ4n) is 3.56. The average molecular weight is 402 g/mol. The number of amides is 1. The van der Waals surface area contributed by atoms with E-state index in [1.165, 1.54) is 12.3 Å². The molecule has 0 saturated carbocycles. The average Bonchev–Trinajstić information content (AvgIpc) is 2.64. The summed E-state index contributed by atoms with van der Waals surface area (Å²) >= 11 is 0. The highest BCUT2D eigenvalue weighted by atomic mass is 19.4. The molecular weight excluding hydrogens is 381 g/mol. The minimum Gasteiger partial charge on any atom is -0.347 e. The highest BCUT2D eigenvalue weighted by molar-refractivity contribution is 6.06. The van der Waals surface area contributed by atoms with E-state index in [2.05, 4.69) is 5.32 Å². The summed E-state index contributed by atoms with van der Waals surface area (Å²) in [4.78, 5) is 25.8. The van der Waals surface area contributed by atoms with Crippen LogP contribution in [0.4, 0.5) is 18.9 Å². The molecule has 0 aliphatic rings. The topological polar surface area (TPSA) is 51.1 Å². The van der Waals surface area contributed by atoms with Gasteiger partial charge in [0.15, 0.2) is 0 Å². The molecule has 0 fully saturated rings. The Morgan fingerprint density at radius 2 is 1.69 bits per heavy atom. The number of aryl methyl sites for hydroxylation is 4. The van der Waals surface area contributed by atoms with Gasteiger partial charge in [-0.25, -0.2) is 0 Å². The molecule has 0 aliphatic carbocycles. The molecular formula is C22H21F3N2O2. The molecule has 3 rings (SSSR count). The lowest BCUT2D eigenvalue weighted by molar-refractivity contribution is -0.137. The van der Waals surface area contributed by atoms with Crippen LogP contribution in [-0.2, 0) is 12.7 Å². The standard InChI is InChI=1S/C22H21F3N2O2/c1-5-27-11-17(21(29)26-19-13(3)8-12(2)9-14(19)4)20(28)16-10-15(22(23,24)25)6-7-18(16)27/h6-11H,5H2,1-4H3,(H,26,29). The van der Waals surface area contributed by atoms with Gasteiger partial charge in [0.2, 0.25) is 5.43 Å². The van der Waals surface area contributed by atoms with Gasteiger partial charge in [0, 0.05) is 23.8 Å². The smallest absolute Gasteiger partial charge is 0.347 e. The second kappa shape index (κ2) is 7.39. The number of alkyl halides is 3. The van der Waals surface area contributed by atoms with Gasteiger partial charge >= 0.3 is 6.18 Å². The molecule has 0 spiro atoms. The van der Waals surface area contributed by atoms with E-state index in [0.29, 0.717) is 17.7 Å². The van der Waals surface area contributed by atoms with Crippen LogP contribution in [0.25, 0.3) is 10.9 Å². The maximum Gasteiger partial charge on any atom is 0.416 e. The maximum absolute atomic E-state index is 13.1. The normalized spacial score (nSPS) is 11.7. The molecule has 7 heteroatoms. The molecule has 3 aromatic rings. The van der Waals surface area contributed by atoms with Gasteiger partial charge in [0.25, 0.3) is 5.91 Å². The zero-order valence-electron chi connectivity index (χ0n) is 16.6. The highest BCUT2D eigenvalue weighted by Gasteiger charge is 2.31. The van der Waals surface area contributed by atoms with E-state index in [9.17, 15) is 22.8 Å². The lowest BCUT2D eigenvalue weighted by Crippen LogP contribution is -2.25. The summed E-state index contributed by atoms with van der Waals surface area (Å²) in [7, 11) is 0. The molecule has 1 amide bonds. The summed E-state index contributed by atoms with van der Waals surface area (Å²) in [6.45, 7) is 7.81. The number of nitrogens with zero attached hydrogens (tertiary/aromatic N) is 1. The van der Waals surface area contributed by atoms with Crippen LogP contribution in [0.1, 0.15) is 39.5 Å². The van der Waals surface area contributed by atoms with Crippen molar-refractivity contribution in [3.05, 3.63) is 74.6 Å². The molecule has 0 aliphatic heterocycles. The van der Waals surface area contributed by atoms with E-state index < -0.39 is 23.1 Å². The summed E-state index contributed by atoms with van der Waals surface area (Å²) in [5.41, 5.74) is 1.81. The Morgan fingerprint density at radius 3 is 2.24 bits per heavy atom. The Bertz CT molecular complexity index is 1150. The van der Waals surface area contributed by atoms with E-state index in [1.54, 1.807) is 11.5 Å². The summed E-state index contributed by atoms with van der Waals surface area (Å²) in [5, 5.41) is 2.62. The molecule has 0 bridgehead atoms. The quantitative estimate of drug-likeness (QED) is 0.653. The van der Waals surface area contributed by atoms with Gasteiger partial charge in [-0.1, -0.05) is 17.7 Å². The van der Waals surface area contributed by atoms with Gasteiger partial charge in [0.05, 0.1) is 11.1 Å². The Morgan fingerprint density at radius 1 is 1.07 bits per heavy atom. The number of carbonyl (C=O) groups is 1. The first-order chi connectivity index (χ1) is 13.5. The second-order valence-corrected chi connectivity index (χ2v) is 7.12. The summed E-state index contributed by atoms with van der Waals surface area (Å²) in [5.74, 6) is -0.647. The van der Waals surface area contributed by atoms with Crippen LogP contribution in [0.15, 0.2) is 41.3 Å². The van der Waals surface area contributed by atoms with Crippen molar-refractivity contribution >= 4 is 22.5 Å². The van der Waals surface area contributed by atoms with Crippen molar-refractivity contribution in [2.75, 3.05) is 5.32 Å². The Hall–Kier alpha value is -3.09. The van der Waals surface area contributed by atoms with Crippen LogP contribution in [-0.4, -0.2) is 10.5 Å². The fraction of sp³-hybridized carbons (Fsp3) is 0.273. The molecule has 1 aromatic heterocycles. The molecule has 0 atom stereocenters. The van der Waals surface area contributed by atoms with Gasteiger partial charge in [-0.2, -0.15) is 13.2 Å². The monoisotopic (exact) mass is 402 g/mol. The van der Waals surface area contributed by atoms with E-state index >= 15 is 0 Å². The third-order valence-electron chi connectivity index (χ3n) is 4.91. The number of pyridine rings is 1. The molecule has 2 aromatic carbocycles. The van der Waals surface area contributed by atoms with Crippen molar-refractivity contribution in [2.45, 2.75) is 40.4 Å². The van der Waals surface area contributed by atoms with Gasteiger partial charge in [-0.15, -0.1) is 0 Å². The van der Waals surface area contributed by atoms with Crippen LogP contribution < -0.4 is 10.7 Å². The first kappa shape index (κ1) is 20.6. The first-order valence-electron chi connectivity index (χ1n) is 9.16. The van der Waals surface area contributed by atoms with Crippen molar-refractivity contribution < 1.29 is 18.0 Å². The first-order valence-corrected chi connectivity index (χ1v) is 9.16. The van der Waals surface area contributed by atoms with E-state index in [4.69, 9.17) is 0 Å². The highest BCUT2D eigenvalue weighted by Crippen LogP contribution is 2.31. The van der Waals surface area contributed by atoms with Gasteiger partial charge < -0.3 is 9.88 Å². The molecule has 152 valence electrons. The molecule has 29 heavy (non-hydrogen) atoms. The minimum atomic E-state index is -4.58. The number of rotatable bonds is 3. The zero-order chi connectivity index (χ0) is 21.5. The van der Waals surface area contributed by atoms with Crippen molar-refractivity contribution in [1.29, 1.82) is 0 Å². The van der Waals surface area contributed by atoms with Crippen LogP contribution >= 0.6 is 0 Å². The van der Waals surface area contributed by atoms with Crippen molar-refractivity contribution in [3.8, 4) is 0 Å². The van der Waals surface area contributed by atoms with Gasteiger partial charge in [-0.05, 0) is 57.0 Å². The molecule has 0 radical (unpaired) electrons. The Balaban J connectivity index is 2.15. The second-order valence-electron chi connectivity index (χ2n) is 7.12. The fourth-order valence-corrected chi connectivity index (χ4v) is 3.56. The summed E-state index contributed by atoms with van der Waals surface area (Å²) in [6, 6.07) is 6.82. The van der Waals surface area contributed by atoms with Crippen LogP contribution in [0.2, 0.25) is 0 Å². The van der Waals surface area contributed by atoms with E-state index in [-0.39, 0.29) is 10.9 Å². The number of aromatic nitrogens is 1. The predicted molar refractivity (Wildman–Crippen MR) is 107 cm³/mol. The maximum atomic E-state index is 13.1. The summed E-state index contributed by atoms with van der Waals surface area (Å²) in [6.07, 6.45) is -3.18. The van der Waals surface area contributed by atoms with Crippen LogP contribution in [0.5, 0.6) is 0 Å². The predicted octanol–water partition coefficient (Wildman–Crippen LogP) is 5.22. The van der Waals surface area contributed by atoms with Crippen LogP contribution in [0, 0.1) is 20.8 Å². The number of benzene rings is 2. The Labute approximate surface area is 166 Å². The molecule has 0 saturated heterocycles. The SMILES string of the molecule is CCn1cc(C(=O)Nc2c(C)cc(C)cc2C)c(=O)c2cc(C(F)(F)F)ccc21. The lowest BCUT2D eigenvalue weighted by Gasteiger charge is -2.15. The zero-order valence-corrected chi connectivity index (χ0v) is 16.6. The number of halogens is 3. The third kappa shape index (κ3) is 3.90. The molecule has 1 heterocycles. The number of hydrogen-bond acceptors (Lipinski definition) is 2. The van der Waals surface area contributed by atoms with Crippen molar-refractivity contribution in [3.63, 3.8) is 0 Å². The molecule has 0 unspecified atom stereocenters. The van der Waals surface area contributed by atoms with E-state index in [0.717, 1.165) is 28.8 Å².